The zero-order valence-corrected chi connectivity index (χ0v) is 19.4. The fraction of sp³-hybridized carbons (Fsp3) is 0.0714. The Hall–Kier alpha value is -4.03. The Bertz CT molecular complexity index is 1320. The third-order valence-electron chi connectivity index (χ3n) is 5.06. The van der Waals surface area contributed by atoms with Gasteiger partial charge in [-0.05, 0) is 65.7 Å². The van der Waals surface area contributed by atoms with Gasteiger partial charge in [-0.25, -0.2) is 8.78 Å². The Labute approximate surface area is 207 Å². The summed E-state index contributed by atoms with van der Waals surface area (Å²) in [6.07, 6.45) is 0.424. The van der Waals surface area contributed by atoms with Crippen molar-refractivity contribution < 1.29 is 18.4 Å². The van der Waals surface area contributed by atoms with Gasteiger partial charge in [0.15, 0.2) is 11.6 Å². The van der Waals surface area contributed by atoms with Gasteiger partial charge in [-0.3, -0.25) is 9.59 Å². The molecule has 4 N–H and O–H groups in total. The highest BCUT2D eigenvalue weighted by Gasteiger charge is 2.12. The molecular formula is C28H23ClF2N2O2. The minimum absolute atomic E-state index is 0.0242. The summed E-state index contributed by atoms with van der Waals surface area (Å²) in [5, 5.41) is 0.372. The van der Waals surface area contributed by atoms with E-state index in [2.05, 4.69) is 0 Å². The van der Waals surface area contributed by atoms with Crippen LogP contribution in [0.5, 0.6) is 0 Å². The lowest BCUT2D eigenvalue weighted by Gasteiger charge is -2.05. The van der Waals surface area contributed by atoms with E-state index in [4.69, 9.17) is 23.1 Å². The average molecular weight is 493 g/mol. The summed E-state index contributed by atoms with van der Waals surface area (Å²) in [6, 6.07) is 23.3. The Morgan fingerprint density at radius 3 is 1.71 bits per heavy atom. The maximum Gasteiger partial charge on any atom is 0.168 e. The molecule has 4 nitrogen and oxygen atoms in total. The topological polar surface area (TPSA) is 86.2 Å². The maximum atomic E-state index is 12.7. The molecule has 0 aliphatic rings. The van der Waals surface area contributed by atoms with Gasteiger partial charge in [0.1, 0.15) is 11.6 Å². The number of hydrogen-bond acceptors (Lipinski definition) is 4. The van der Waals surface area contributed by atoms with Crippen molar-refractivity contribution in [3.05, 3.63) is 130 Å². The molecule has 0 spiro atoms. The van der Waals surface area contributed by atoms with Gasteiger partial charge in [0.05, 0.1) is 5.02 Å². The van der Waals surface area contributed by atoms with Gasteiger partial charge in [0.2, 0.25) is 0 Å². The molecule has 0 unspecified atom stereocenters. The monoisotopic (exact) mass is 492 g/mol. The van der Waals surface area contributed by atoms with Gasteiger partial charge in [0, 0.05) is 35.3 Å². The number of halogens is 3. The molecule has 0 amide bonds. The molecule has 0 aromatic heterocycles. The summed E-state index contributed by atoms with van der Waals surface area (Å²) < 4.78 is 25.4. The maximum absolute atomic E-state index is 12.7. The molecule has 0 aliphatic heterocycles. The molecule has 0 saturated heterocycles. The summed E-state index contributed by atoms with van der Waals surface area (Å²) in [7, 11) is 0. The second-order valence-electron chi connectivity index (χ2n) is 7.82. The number of nitrogen functional groups attached to an aromatic ring is 2. The first kappa shape index (κ1) is 25.6. The van der Waals surface area contributed by atoms with E-state index in [0.717, 1.165) is 11.1 Å². The molecule has 178 valence electrons. The Morgan fingerprint density at radius 2 is 1.17 bits per heavy atom. The van der Waals surface area contributed by atoms with Crippen LogP contribution in [0, 0.1) is 11.6 Å². The molecule has 0 bridgehead atoms. The first-order valence-electron chi connectivity index (χ1n) is 10.7. The number of ketones is 2. The number of anilines is 2. The largest absolute Gasteiger partial charge is 0.399 e. The Balaban J connectivity index is 0.000000196. The highest BCUT2D eigenvalue weighted by Crippen LogP contribution is 2.21. The molecule has 0 radical (unpaired) electrons. The number of rotatable bonds is 6. The molecule has 4 aromatic rings. The van der Waals surface area contributed by atoms with Crippen molar-refractivity contribution in [3.63, 3.8) is 0 Å². The summed E-state index contributed by atoms with van der Waals surface area (Å²) >= 11 is 5.95. The van der Waals surface area contributed by atoms with E-state index in [1.165, 1.54) is 24.3 Å². The zero-order chi connectivity index (χ0) is 25.4. The first-order valence-corrected chi connectivity index (χ1v) is 11.0. The highest BCUT2D eigenvalue weighted by atomic mass is 35.5. The number of Topliss-reactive ketones (excluding diaryl/α,β-unsaturated/α-hetero) is 2. The minimum Gasteiger partial charge on any atom is -0.399 e. The lowest BCUT2D eigenvalue weighted by Crippen LogP contribution is -2.05. The van der Waals surface area contributed by atoms with E-state index in [0.29, 0.717) is 27.5 Å². The summed E-state index contributed by atoms with van der Waals surface area (Å²) in [6.45, 7) is 0. The van der Waals surface area contributed by atoms with Crippen LogP contribution >= 0.6 is 11.6 Å². The third kappa shape index (κ3) is 7.76. The van der Waals surface area contributed by atoms with Crippen LogP contribution in [0.2, 0.25) is 5.02 Å². The van der Waals surface area contributed by atoms with E-state index >= 15 is 0 Å². The predicted octanol–water partition coefficient (Wildman–Crippen LogP) is 6.32. The third-order valence-corrected chi connectivity index (χ3v) is 5.38. The SMILES string of the molecule is Nc1ccc(Cl)c(C(=O)Cc2ccc(F)cc2)c1.Nc1cccc(C(=O)Cc2ccc(F)cc2)c1. The van der Waals surface area contributed by atoms with E-state index in [-0.39, 0.29) is 36.0 Å². The van der Waals surface area contributed by atoms with Gasteiger partial charge in [-0.1, -0.05) is 48.0 Å². The van der Waals surface area contributed by atoms with Crippen LogP contribution in [0.1, 0.15) is 31.8 Å². The van der Waals surface area contributed by atoms with E-state index in [1.54, 1.807) is 66.7 Å². The molecule has 7 heteroatoms. The van der Waals surface area contributed by atoms with Gasteiger partial charge < -0.3 is 11.5 Å². The zero-order valence-electron chi connectivity index (χ0n) is 18.7. The van der Waals surface area contributed by atoms with Gasteiger partial charge in [0.25, 0.3) is 0 Å². The number of hydrogen-bond donors (Lipinski definition) is 2. The Morgan fingerprint density at radius 1 is 0.657 bits per heavy atom. The Kier molecular flexibility index (Phi) is 8.70. The number of carbonyl (C=O) groups is 2. The smallest absolute Gasteiger partial charge is 0.168 e. The molecular weight excluding hydrogens is 470 g/mol. The quantitative estimate of drug-likeness (QED) is 0.243. The average Bonchev–Trinajstić information content (AvgIpc) is 2.84. The van der Waals surface area contributed by atoms with E-state index in [1.807, 2.05) is 0 Å². The molecule has 0 atom stereocenters. The van der Waals surface area contributed by atoms with Crippen LogP contribution in [0.4, 0.5) is 20.2 Å². The van der Waals surface area contributed by atoms with E-state index in [9.17, 15) is 18.4 Å². The van der Waals surface area contributed by atoms with Gasteiger partial charge in [-0.15, -0.1) is 0 Å². The number of carbonyl (C=O) groups excluding carboxylic acids is 2. The highest BCUT2D eigenvalue weighted by molar-refractivity contribution is 6.34. The molecule has 0 fully saturated rings. The van der Waals surface area contributed by atoms with Crippen LogP contribution < -0.4 is 11.5 Å². The van der Waals surface area contributed by atoms with Crippen LogP contribution in [-0.2, 0) is 12.8 Å². The standard InChI is InChI=1S/C14H11ClFNO.C14H12FNO/c15-13-6-5-11(17)8-12(13)14(18)7-9-1-3-10(16)4-2-9;15-12-6-4-10(5-7-12)8-14(17)11-2-1-3-13(16)9-11/h1-6,8H,7,17H2;1-7,9H,8,16H2. The fourth-order valence-corrected chi connectivity index (χ4v) is 3.46. The summed E-state index contributed by atoms with van der Waals surface area (Å²) in [5.41, 5.74) is 14.8. The first-order chi connectivity index (χ1) is 16.7. The minimum atomic E-state index is -0.326. The van der Waals surface area contributed by atoms with Crippen molar-refractivity contribution in [2.24, 2.45) is 0 Å². The number of nitrogens with two attached hydrogens (primary N) is 2. The fourth-order valence-electron chi connectivity index (χ4n) is 3.24. The van der Waals surface area contributed by atoms with E-state index < -0.39 is 0 Å². The van der Waals surface area contributed by atoms with Crippen LogP contribution in [0.25, 0.3) is 0 Å². The molecule has 4 rings (SSSR count). The van der Waals surface area contributed by atoms with Gasteiger partial charge >= 0.3 is 0 Å². The normalized spacial score (nSPS) is 10.3. The summed E-state index contributed by atoms with van der Waals surface area (Å²) in [5.74, 6) is -0.791. The van der Waals surface area contributed by atoms with Crippen LogP contribution in [0.3, 0.4) is 0 Å². The molecule has 0 saturated carbocycles. The lowest BCUT2D eigenvalue weighted by molar-refractivity contribution is 0.0985. The predicted molar refractivity (Wildman–Crippen MR) is 136 cm³/mol. The van der Waals surface area contributed by atoms with Crippen molar-refractivity contribution in [1.29, 1.82) is 0 Å². The van der Waals surface area contributed by atoms with Crippen molar-refractivity contribution in [2.75, 3.05) is 11.5 Å². The molecule has 35 heavy (non-hydrogen) atoms. The second kappa shape index (κ2) is 11.9. The van der Waals surface area contributed by atoms with Crippen LogP contribution in [-0.4, -0.2) is 11.6 Å². The number of benzene rings is 4. The second-order valence-corrected chi connectivity index (χ2v) is 8.22. The van der Waals surface area contributed by atoms with Crippen molar-refractivity contribution >= 4 is 34.5 Å². The van der Waals surface area contributed by atoms with Crippen molar-refractivity contribution in [3.8, 4) is 0 Å². The van der Waals surface area contributed by atoms with Gasteiger partial charge in [-0.2, -0.15) is 0 Å². The molecule has 0 heterocycles. The molecule has 4 aromatic carbocycles. The summed E-state index contributed by atoms with van der Waals surface area (Å²) in [4.78, 5) is 23.9. The van der Waals surface area contributed by atoms with Crippen LogP contribution in [0.15, 0.2) is 91.0 Å². The lowest BCUT2D eigenvalue weighted by atomic mass is 10.0. The van der Waals surface area contributed by atoms with Crippen molar-refractivity contribution in [2.45, 2.75) is 12.8 Å². The van der Waals surface area contributed by atoms with Crippen molar-refractivity contribution in [1.82, 2.24) is 0 Å². The molecule has 0 aliphatic carbocycles.